The van der Waals surface area contributed by atoms with Gasteiger partial charge in [0, 0.05) is 38.1 Å². The van der Waals surface area contributed by atoms with E-state index in [1.807, 2.05) is 6.92 Å². The van der Waals surface area contributed by atoms with E-state index < -0.39 is 0 Å². The van der Waals surface area contributed by atoms with Crippen LogP contribution < -0.4 is 16.4 Å². The molecular weight excluding hydrogens is 270 g/mol. The van der Waals surface area contributed by atoms with Gasteiger partial charge in [-0.15, -0.1) is 0 Å². The average Bonchev–Trinajstić information content (AvgIpc) is 3.28. The van der Waals surface area contributed by atoms with Crippen molar-refractivity contribution < 1.29 is 9.53 Å². The van der Waals surface area contributed by atoms with Crippen LogP contribution in [0, 0.1) is 6.92 Å². The number of hydrogen-bond acceptors (Lipinski definition) is 6. The van der Waals surface area contributed by atoms with E-state index in [0.29, 0.717) is 37.9 Å². The lowest BCUT2D eigenvalue weighted by atomic mass is 10.2. The predicted octanol–water partition coefficient (Wildman–Crippen LogP) is 0.809. The van der Waals surface area contributed by atoms with Gasteiger partial charge in [-0.2, -0.15) is 0 Å². The third kappa shape index (κ3) is 4.56. The van der Waals surface area contributed by atoms with Crippen LogP contribution in [-0.4, -0.2) is 42.7 Å². The number of amides is 1. The molecule has 2 rings (SSSR count). The molecule has 0 spiro atoms. The molecule has 1 saturated carbocycles. The summed E-state index contributed by atoms with van der Waals surface area (Å²) < 4.78 is 4.88. The number of carbonyl (C=O) groups excluding carboxylic acids is 1. The summed E-state index contributed by atoms with van der Waals surface area (Å²) in [5, 5.41) is 5.95. The fourth-order valence-corrected chi connectivity index (χ4v) is 1.92. The second-order valence-corrected chi connectivity index (χ2v) is 5.23. The first-order valence-corrected chi connectivity index (χ1v) is 7.25. The van der Waals surface area contributed by atoms with Crippen molar-refractivity contribution >= 4 is 17.5 Å². The van der Waals surface area contributed by atoms with Crippen molar-refractivity contribution in [1.29, 1.82) is 0 Å². The van der Waals surface area contributed by atoms with E-state index in [4.69, 9.17) is 10.5 Å². The van der Waals surface area contributed by atoms with Gasteiger partial charge in [-0.1, -0.05) is 0 Å². The first-order valence-electron chi connectivity index (χ1n) is 7.25. The van der Waals surface area contributed by atoms with Crippen LogP contribution in [0.25, 0.3) is 0 Å². The summed E-state index contributed by atoms with van der Waals surface area (Å²) in [5.41, 5.74) is 6.75. The van der Waals surface area contributed by atoms with Crippen molar-refractivity contribution in [3.63, 3.8) is 0 Å². The maximum Gasteiger partial charge on any atom is 0.221 e. The molecule has 1 aliphatic carbocycles. The van der Waals surface area contributed by atoms with Gasteiger partial charge in [0.15, 0.2) is 0 Å². The molecule has 1 heterocycles. The molecule has 116 valence electrons. The molecule has 21 heavy (non-hydrogen) atoms. The van der Waals surface area contributed by atoms with Crippen molar-refractivity contribution in [3.8, 4) is 0 Å². The third-order valence-electron chi connectivity index (χ3n) is 3.42. The Morgan fingerprint density at radius 3 is 2.81 bits per heavy atom. The van der Waals surface area contributed by atoms with E-state index in [9.17, 15) is 4.79 Å². The molecular formula is C14H23N5O2. The number of nitrogens with one attached hydrogen (secondary N) is 2. The SMILES string of the molecule is COCCNC(=O)CCNc1nc(C2CC2)nc(N)c1C. The number of methoxy groups -OCH3 is 1. The van der Waals surface area contributed by atoms with Crippen LogP contribution in [0.1, 0.15) is 36.6 Å². The van der Waals surface area contributed by atoms with Crippen LogP contribution in [0.2, 0.25) is 0 Å². The van der Waals surface area contributed by atoms with Crippen LogP contribution in [0.4, 0.5) is 11.6 Å². The van der Waals surface area contributed by atoms with Gasteiger partial charge < -0.3 is 21.1 Å². The second kappa shape index (κ2) is 7.21. The van der Waals surface area contributed by atoms with E-state index >= 15 is 0 Å². The monoisotopic (exact) mass is 293 g/mol. The number of ether oxygens (including phenoxy) is 1. The minimum atomic E-state index is -0.0124. The first-order chi connectivity index (χ1) is 10.1. The molecule has 1 aromatic heterocycles. The molecule has 0 atom stereocenters. The minimum absolute atomic E-state index is 0.0124. The lowest BCUT2D eigenvalue weighted by molar-refractivity contribution is -0.121. The number of nitrogens with zero attached hydrogens (tertiary/aromatic N) is 2. The standard InChI is InChI=1S/C14H23N5O2/c1-9-12(15)18-14(10-3-4-10)19-13(9)17-6-5-11(20)16-7-8-21-2/h10H,3-8H2,1-2H3,(H,16,20)(H3,15,17,18,19). The van der Waals surface area contributed by atoms with Crippen LogP contribution in [0.5, 0.6) is 0 Å². The normalized spacial score (nSPS) is 14.0. The number of aromatic nitrogens is 2. The number of rotatable bonds is 8. The quantitative estimate of drug-likeness (QED) is 0.613. The van der Waals surface area contributed by atoms with Crippen LogP contribution in [0.3, 0.4) is 0 Å². The van der Waals surface area contributed by atoms with E-state index in [1.165, 1.54) is 0 Å². The molecule has 7 nitrogen and oxygen atoms in total. The van der Waals surface area contributed by atoms with Crippen molar-refractivity contribution in [2.24, 2.45) is 0 Å². The molecule has 1 aromatic rings. The molecule has 0 radical (unpaired) electrons. The van der Waals surface area contributed by atoms with Crippen LogP contribution in [0.15, 0.2) is 0 Å². The second-order valence-electron chi connectivity index (χ2n) is 5.23. The molecule has 0 aromatic carbocycles. The fourth-order valence-electron chi connectivity index (χ4n) is 1.92. The van der Waals surface area contributed by atoms with Gasteiger partial charge in [0.2, 0.25) is 5.91 Å². The van der Waals surface area contributed by atoms with E-state index in [0.717, 1.165) is 30.0 Å². The highest BCUT2D eigenvalue weighted by molar-refractivity contribution is 5.76. The first kappa shape index (κ1) is 15.5. The number of nitrogen functional groups attached to an aromatic ring is 1. The predicted molar refractivity (Wildman–Crippen MR) is 81.1 cm³/mol. The molecule has 0 unspecified atom stereocenters. The Kier molecular flexibility index (Phi) is 5.32. The van der Waals surface area contributed by atoms with Gasteiger partial charge in [0.1, 0.15) is 17.5 Å². The molecule has 0 saturated heterocycles. The Morgan fingerprint density at radius 2 is 2.14 bits per heavy atom. The number of hydrogen-bond donors (Lipinski definition) is 3. The van der Waals surface area contributed by atoms with Crippen molar-refractivity contribution in [3.05, 3.63) is 11.4 Å². The molecule has 1 fully saturated rings. The lowest BCUT2D eigenvalue weighted by Crippen LogP contribution is -2.28. The van der Waals surface area contributed by atoms with E-state index in [1.54, 1.807) is 7.11 Å². The van der Waals surface area contributed by atoms with Gasteiger partial charge in [-0.05, 0) is 19.8 Å². The number of carbonyl (C=O) groups is 1. The van der Waals surface area contributed by atoms with Gasteiger partial charge in [-0.25, -0.2) is 9.97 Å². The highest BCUT2D eigenvalue weighted by atomic mass is 16.5. The van der Waals surface area contributed by atoms with Gasteiger partial charge in [0.05, 0.1) is 6.61 Å². The topological polar surface area (TPSA) is 102 Å². The summed E-state index contributed by atoms with van der Waals surface area (Å²) >= 11 is 0. The number of nitrogens with two attached hydrogens (primary N) is 1. The smallest absolute Gasteiger partial charge is 0.221 e. The van der Waals surface area contributed by atoms with Crippen molar-refractivity contribution in [2.45, 2.75) is 32.1 Å². The zero-order valence-electron chi connectivity index (χ0n) is 12.6. The largest absolute Gasteiger partial charge is 0.383 e. The Hall–Kier alpha value is -1.89. The zero-order valence-corrected chi connectivity index (χ0v) is 12.6. The molecule has 0 bridgehead atoms. The molecule has 7 heteroatoms. The Balaban J connectivity index is 1.83. The summed E-state index contributed by atoms with van der Waals surface area (Å²) in [4.78, 5) is 20.4. The van der Waals surface area contributed by atoms with E-state index in [-0.39, 0.29) is 5.91 Å². The Labute approximate surface area is 124 Å². The summed E-state index contributed by atoms with van der Waals surface area (Å²) in [7, 11) is 1.60. The minimum Gasteiger partial charge on any atom is -0.383 e. The maximum atomic E-state index is 11.6. The summed E-state index contributed by atoms with van der Waals surface area (Å²) in [5.74, 6) is 2.49. The average molecular weight is 293 g/mol. The Bertz CT molecular complexity index is 502. The van der Waals surface area contributed by atoms with Crippen molar-refractivity contribution in [1.82, 2.24) is 15.3 Å². The summed E-state index contributed by atoms with van der Waals surface area (Å²) in [6, 6.07) is 0. The third-order valence-corrected chi connectivity index (χ3v) is 3.42. The maximum absolute atomic E-state index is 11.6. The van der Waals surface area contributed by atoms with Gasteiger partial charge in [-0.3, -0.25) is 4.79 Å². The Morgan fingerprint density at radius 1 is 1.38 bits per heavy atom. The van der Waals surface area contributed by atoms with Gasteiger partial charge >= 0.3 is 0 Å². The zero-order chi connectivity index (χ0) is 15.2. The fraction of sp³-hybridized carbons (Fsp3) is 0.643. The van der Waals surface area contributed by atoms with E-state index in [2.05, 4.69) is 20.6 Å². The molecule has 0 aliphatic heterocycles. The number of anilines is 2. The van der Waals surface area contributed by atoms with Crippen LogP contribution in [-0.2, 0) is 9.53 Å². The summed E-state index contributed by atoms with van der Waals surface area (Å²) in [6.07, 6.45) is 2.64. The lowest BCUT2D eigenvalue weighted by Gasteiger charge is -2.12. The highest BCUT2D eigenvalue weighted by Gasteiger charge is 2.27. The summed E-state index contributed by atoms with van der Waals surface area (Å²) in [6.45, 7) is 3.44. The van der Waals surface area contributed by atoms with Gasteiger partial charge in [0.25, 0.3) is 0 Å². The van der Waals surface area contributed by atoms with Crippen LogP contribution >= 0.6 is 0 Å². The molecule has 4 N–H and O–H groups in total. The molecule has 1 amide bonds. The van der Waals surface area contributed by atoms with Crippen molar-refractivity contribution in [2.75, 3.05) is 37.9 Å². The molecule has 1 aliphatic rings. The highest BCUT2D eigenvalue weighted by Crippen LogP contribution is 2.39.